The molecule has 5 nitrogen and oxygen atoms in total. The molecule has 0 aliphatic carbocycles. The quantitative estimate of drug-likeness (QED) is 0.209. The number of carbonyl (C=O) groups excluding carboxylic acids is 2. The van der Waals surface area contributed by atoms with Crippen LogP contribution in [0, 0.1) is 3.57 Å². The van der Waals surface area contributed by atoms with E-state index in [0.717, 1.165) is 30.9 Å². The number of halogens is 2. The molecule has 1 saturated heterocycles. The third-order valence-electron chi connectivity index (χ3n) is 4.94. The highest BCUT2D eigenvalue weighted by Gasteiger charge is 2.35. The molecule has 0 bridgehead atoms. The van der Waals surface area contributed by atoms with E-state index in [2.05, 4.69) is 38.5 Å². The Morgan fingerprint density at radius 2 is 1.70 bits per heavy atom. The molecule has 168 valence electrons. The maximum atomic E-state index is 13.0. The van der Waals surface area contributed by atoms with E-state index in [0.29, 0.717) is 28.6 Å². The van der Waals surface area contributed by atoms with Crippen LogP contribution in [-0.4, -0.2) is 23.2 Å². The molecule has 1 aliphatic heterocycles. The fourth-order valence-corrected chi connectivity index (χ4v) is 4.70. The highest BCUT2D eigenvalue weighted by Crippen LogP contribution is 2.38. The topological polar surface area (TPSA) is 55.8 Å². The number of methoxy groups -OCH3 is 1. The monoisotopic (exact) mass is 635 g/mol. The van der Waals surface area contributed by atoms with Gasteiger partial charge < -0.3 is 9.47 Å². The third kappa shape index (κ3) is 5.80. The van der Waals surface area contributed by atoms with Crippen LogP contribution in [0.25, 0.3) is 6.08 Å². The highest BCUT2D eigenvalue weighted by molar-refractivity contribution is 14.1. The number of carbonyl (C=O) groups is 2. The summed E-state index contributed by atoms with van der Waals surface area (Å²) in [4.78, 5) is 27.2. The minimum Gasteiger partial charge on any atom is -0.493 e. The minimum absolute atomic E-state index is 0.240. The molecule has 0 N–H and O–H groups in total. The van der Waals surface area contributed by atoms with Gasteiger partial charge in [0.25, 0.3) is 11.1 Å². The van der Waals surface area contributed by atoms with Gasteiger partial charge in [-0.2, -0.15) is 0 Å². The molecule has 0 unspecified atom stereocenters. The second-order valence-electron chi connectivity index (χ2n) is 7.19. The number of para-hydroxylation sites is 1. The Morgan fingerprint density at radius 1 is 1.00 bits per heavy atom. The van der Waals surface area contributed by atoms with Crippen molar-refractivity contribution in [2.24, 2.45) is 0 Å². The van der Waals surface area contributed by atoms with Gasteiger partial charge in [-0.15, -0.1) is 0 Å². The Kier molecular flexibility index (Phi) is 7.77. The lowest BCUT2D eigenvalue weighted by atomic mass is 10.1. The largest absolute Gasteiger partial charge is 0.493 e. The number of hydrogen-bond donors (Lipinski definition) is 0. The molecule has 8 heteroatoms. The summed E-state index contributed by atoms with van der Waals surface area (Å²) in [6, 6.07) is 21.1. The number of amides is 2. The van der Waals surface area contributed by atoms with E-state index in [1.54, 1.807) is 19.3 Å². The Labute approximate surface area is 218 Å². The first kappa shape index (κ1) is 23.8. The Balaban J connectivity index is 1.57. The summed E-state index contributed by atoms with van der Waals surface area (Å²) in [5.41, 5.74) is 2.57. The summed E-state index contributed by atoms with van der Waals surface area (Å²) in [7, 11) is 1.57. The van der Waals surface area contributed by atoms with Crippen molar-refractivity contribution in [1.82, 2.24) is 4.90 Å². The maximum Gasteiger partial charge on any atom is 0.293 e. The third-order valence-corrected chi connectivity index (χ3v) is 7.10. The molecule has 1 fully saturated rings. The van der Waals surface area contributed by atoms with E-state index in [1.165, 1.54) is 4.90 Å². The van der Waals surface area contributed by atoms with Gasteiger partial charge in [0.05, 0.1) is 18.6 Å². The van der Waals surface area contributed by atoms with Gasteiger partial charge in [-0.3, -0.25) is 14.5 Å². The molecule has 33 heavy (non-hydrogen) atoms. The molecule has 0 saturated carbocycles. The zero-order chi connectivity index (χ0) is 23.4. The van der Waals surface area contributed by atoms with Crippen LogP contribution in [0.5, 0.6) is 11.5 Å². The van der Waals surface area contributed by atoms with Gasteiger partial charge in [0.2, 0.25) is 0 Å². The van der Waals surface area contributed by atoms with Crippen molar-refractivity contribution in [3.8, 4) is 11.5 Å². The molecule has 0 atom stereocenters. The van der Waals surface area contributed by atoms with Crippen molar-refractivity contribution < 1.29 is 19.1 Å². The molecule has 1 heterocycles. The van der Waals surface area contributed by atoms with E-state index in [-0.39, 0.29) is 17.7 Å². The molecule has 0 spiro atoms. The average molecular weight is 636 g/mol. The lowest BCUT2D eigenvalue weighted by Crippen LogP contribution is -2.27. The van der Waals surface area contributed by atoms with E-state index >= 15 is 0 Å². The summed E-state index contributed by atoms with van der Waals surface area (Å²) in [5, 5.41) is -0.287. The van der Waals surface area contributed by atoms with Gasteiger partial charge in [-0.05, 0) is 81.9 Å². The van der Waals surface area contributed by atoms with Crippen molar-refractivity contribution in [3.05, 3.63) is 96.4 Å². The summed E-state index contributed by atoms with van der Waals surface area (Å²) in [6.07, 6.45) is 1.69. The van der Waals surface area contributed by atoms with Crippen molar-refractivity contribution in [1.29, 1.82) is 0 Å². The van der Waals surface area contributed by atoms with Crippen molar-refractivity contribution in [2.45, 2.75) is 13.2 Å². The summed E-state index contributed by atoms with van der Waals surface area (Å²) in [5.74, 6) is 0.761. The number of nitrogens with zero attached hydrogens (tertiary/aromatic N) is 1. The maximum absolute atomic E-state index is 13.0. The standard InChI is InChI=1S/C25H19BrINO4S/c1-31-21-4-2-3-18(23(21)32-15-17-5-9-19(26)10-6-17)13-22-24(29)28(25(30)33-22)14-16-7-11-20(27)12-8-16/h2-13H,14-15H2,1H3/b22-13-. The van der Waals surface area contributed by atoms with E-state index in [9.17, 15) is 9.59 Å². The SMILES string of the molecule is COc1cccc(/C=C2\SC(=O)N(Cc3ccc(I)cc3)C2=O)c1OCc1ccc(Br)cc1. The average Bonchev–Trinajstić information content (AvgIpc) is 3.07. The molecule has 3 aromatic rings. The van der Waals surface area contributed by atoms with Gasteiger partial charge in [0.1, 0.15) is 6.61 Å². The number of rotatable bonds is 7. The van der Waals surface area contributed by atoms with Crippen LogP contribution < -0.4 is 9.47 Å². The van der Waals surface area contributed by atoms with Crippen molar-refractivity contribution >= 4 is 67.5 Å². The van der Waals surface area contributed by atoms with Crippen LogP contribution in [0.1, 0.15) is 16.7 Å². The molecular formula is C25H19BrINO4S. The second-order valence-corrected chi connectivity index (χ2v) is 10.3. The number of thioether (sulfide) groups is 1. The van der Waals surface area contributed by atoms with Crippen LogP contribution in [0.15, 0.2) is 76.1 Å². The number of benzene rings is 3. The number of ether oxygens (including phenoxy) is 2. The molecule has 3 aromatic carbocycles. The molecule has 2 amide bonds. The zero-order valence-corrected chi connectivity index (χ0v) is 22.1. The van der Waals surface area contributed by atoms with Crippen LogP contribution in [0.4, 0.5) is 4.79 Å². The van der Waals surface area contributed by atoms with E-state index in [4.69, 9.17) is 9.47 Å². The van der Waals surface area contributed by atoms with Gasteiger partial charge in [0.15, 0.2) is 11.5 Å². The summed E-state index contributed by atoms with van der Waals surface area (Å²) >= 11 is 6.58. The van der Waals surface area contributed by atoms with Gasteiger partial charge in [-0.1, -0.05) is 52.3 Å². The summed E-state index contributed by atoms with van der Waals surface area (Å²) in [6.45, 7) is 0.576. The van der Waals surface area contributed by atoms with Gasteiger partial charge in [0, 0.05) is 13.6 Å². The first-order valence-electron chi connectivity index (χ1n) is 9.98. The number of hydrogen-bond acceptors (Lipinski definition) is 5. The van der Waals surface area contributed by atoms with E-state index in [1.807, 2.05) is 60.7 Å². The number of imide groups is 1. The molecular weight excluding hydrogens is 617 g/mol. The molecule has 1 aliphatic rings. The lowest BCUT2D eigenvalue weighted by Gasteiger charge is -2.14. The second kappa shape index (κ2) is 10.8. The predicted octanol–water partition coefficient (Wildman–Crippen LogP) is 6.88. The minimum atomic E-state index is -0.315. The fourth-order valence-electron chi connectivity index (χ4n) is 3.25. The zero-order valence-electron chi connectivity index (χ0n) is 17.6. The highest BCUT2D eigenvalue weighted by atomic mass is 127. The first-order valence-corrected chi connectivity index (χ1v) is 12.7. The van der Waals surface area contributed by atoms with Crippen LogP contribution in [0.2, 0.25) is 0 Å². The predicted molar refractivity (Wildman–Crippen MR) is 142 cm³/mol. The van der Waals surface area contributed by atoms with Crippen LogP contribution in [0.3, 0.4) is 0 Å². The molecule has 4 rings (SSSR count). The summed E-state index contributed by atoms with van der Waals surface area (Å²) < 4.78 is 13.7. The Bertz CT molecular complexity index is 1210. The fraction of sp³-hybridized carbons (Fsp3) is 0.120. The normalized spacial score (nSPS) is 14.8. The van der Waals surface area contributed by atoms with Crippen LogP contribution in [-0.2, 0) is 17.9 Å². The first-order chi connectivity index (χ1) is 15.9. The van der Waals surface area contributed by atoms with Crippen molar-refractivity contribution in [3.63, 3.8) is 0 Å². The smallest absolute Gasteiger partial charge is 0.293 e. The van der Waals surface area contributed by atoms with E-state index < -0.39 is 0 Å². The van der Waals surface area contributed by atoms with Gasteiger partial charge in [-0.25, -0.2) is 0 Å². The van der Waals surface area contributed by atoms with Gasteiger partial charge >= 0.3 is 0 Å². The Morgan fingerprint density at radius 3 is 2.39 bits per heavy atom. The lowest BCUT2D eigenvalue weighted by molar-refractivity contribution is -0.123. The van der Waals surface area contributed by atoms with Crippen LogP contribution >= 0.6 is 50.3 Å². The molecule has 0 radical (unpaired) electrons. The Hall–Kier alpha value is -2.30. The van der Waals surface area contributed by atoms with Crippen molar-refractivity contribution in [2.75, 3.05) is 7.11 Å². The molecule has 0 aromatic heterocycles.